The van der Waals surface area contributed by atoms with Crippen molar-refractivity contribution in [2.45, 2.75) is 13.1 Å². The molecular formula is C27H29N3O3. The van der Waals surface area contributed by atoms with E-state index in [9.17, 15) is 0 Å². The van der Waals surface area contributed by atoms with Gasteiger partial charge in [-0.25, -0.2) is 4.98 Å². The van der Waals surface area contributed by atoms with Gasteiger partial charge in [0.05, 0.1) is 19.2 Å². The fourth-order valence-corrected chi connectivity index (χ4v) is 3.56. The van der Waals surface area contributed by atoms with Gasteiger partial charge in [-0.05, 0) is 54.1 Å². The van der Waals surface area contributed by atoms with Crippen LogP contribution in [0, 0.1) is 0 Å². The van der Waals surface area contributed by atoms with Crippen molar-refractivity contribution in [1.29, 1.82) is 0 Å². The van der Waals surface area contributed by atoms with E-state index in [1.807, 2.05) is 54.6 Å². The zero-order valence-electron chi connectivity index (χ0n) is 19.0. The summed E-state index contributed by atoms with van der Waals surface area (Å²) >= 11 is 0. The average molecular weight is 444 g/mol. The number of pyridine rings is 1. The lowest BCUT2D eigenvalue weighted by Gasteiger charge is -2.12. The minimum atomic E-state index is 0.542. The number of hydrogen-bond acceptors (Lipinski definition) is 6. The molecule has 0 bridgehead atoms. The summed E-state index contributed by atoms with van der Waals surface area (Å²) in [6.07, 6.45) is 0. The Morgan fingerprint density at radius 1 is 0.788 bits per heavy atom. The Balaban J connectivity index is 1.37. The van der Waals surface area contributed by atoms with Gasteiger partial charge in [0.25, 0.3) is 0 Å². The molecule has 0 fully saturated rings. The van der Waals surface area contributed by atoms with Crippen LogP contribution in [0.25, 0.3) is 10.9 Å². The summed E-state index contributed by atoms with van der Waals surface area (Å²) in [7, 11) is 3.36. The third kappa shape index (κ3) is 6.14. The molecule has 1 aromatic heterocycles. The number of para-hydroxylation sites is 1. The summed E-state index contributed by atoms with van der Waals surface area (Å²) in [4.78, 5) is 4.75. The van der Waals surface area contributed by atoms with Gasteiger partial charge < -0.3 is 24.8 Å². The Morgan fingerprint density at radius 2 is 1.70 bits per heavy atom. The van der Waals surface area contributed by atoms with Crippen molar-refractivity contribution in [2.75, 3.05) is 38.1 Å². The van der Waals surface area contributed by atoms with Crippen LogP contribution in [0.2, 0.25) is 0 Å². The SMILES string of the molecule is COCCOc1cccc(CNc2ccc3nc(NCc4ccccc4OC)ccc3c2)c1. The second-order valence-electron chi connectivity index (χ2n) is 7.61. The molecule has 0 saturated heterocycles. The first-order chi connectivity index (χ1) is 16.2. The summed E-state index contributed by atoms with van der Waals surface area (Å²) in [6.45, 7) is 2.47. The fourth-order valence-electron chi connectivity index (χ4n) is 3.56. The highest BCUT2D eigenvalue weighted by atomic mass is 16.5. The van der Waals surface area contributed by atoms with Crippen LogP contribution in [-0.4, -0.2) is 32.4 Å². The Hall–Kier alpha value is -3.77. The van der Waals surface area contributed by atoms with Gasteiger partial charge in [0.15, 0.2) is 0 Å². The smallest absolute Gasteiger partial charge is 0.126 e. The molecule has 0 amide bonds. The lowest BCUT2D eigenvalue weighted by molar-refractivity contribution is 0.146. The zero-order valence-corrected chi connectivity index (χ0v) is 19.0. The highest BCUT2D eigenvalue weighted by Gasteiger charge is 2.04. The number of rotatable bonds is 11. The first-order valence-corrected chi connectivity index (χ1v) is 11.0. The van der Waals surface area contributed by atoms with Gasteiger partial charge in [0.2, 0.25) is 0 Å². The first-order valence-electron chi connectivity index (χ1n) is 11.0. The zero-order chi connectivity index (χ0) is 22.9. The number of hydrogen-bond donors (Lipinski definition) is 2. The van der Waals surface area contributed by atoms with Crippen LogP contribution >= 0.6 is 0 Å². The summed E-state index contributed by atoms with van der Waals surface area (Å²) in [5, 5.41) is 7.95. The Morgan fingerprint density at radius 3 is 2.58 bits per heavy atom. The third-order valence-electron chi connectivity index (χ3n) is 5.29. The Kier molecular flexibility index (Phi) is 7.61. The van der Waals surface area contributed by atoms with Gasteiger partial charge in [-0.1, -0.05) is 30.3 Å². The van der Waals surface area contributed by atoms with Crippen molar-refractivity contribution in [2.24, 2.45) is 0 Å². The van der Waals surface area contributed by atoms with Crippen LogP contribution in [-0.2, 0) is 17.8 Å². The van der Waals surface area contributed by atoms with Crippen LogP contribution < -0.4 is 20.1 Å². The monoisotopic (exact) mass is 443 g/mol. The van der Waals surface area contributed by atoms with Crippen molar-refractivity contribution < 1.29 is 14.2 Å². The highest BCUT2D eigenvalue weighted by Crippen LogP contribution is 2.23. The molecule has 1 heterocycles. The third-order valence-corrected chi connectivity index (χ3v) is 5.29. The molecule has 2 N–H and O–H groups in total. The number of benzene rings is 3. The maximum Gasteiger partial charge on any atom is 0.126 e. The number of ether oxygens (including phenoxy) is 3. The first kappa shape index (κ1) is 22.4. The maximum absolute atomic E-state index is 5.69. The maximum atomic E-state index is 5.69. The molecule has 4 rings (SSSR count). The number of nitrogens with one attached hydrogen (secondary N) is 2. The quantitative estimate of drug-likeness (QED) is 0.299. The lowest BCUT2D eigenvalue weighted by atomic mass is 10.1. The van der Waals surface area contributed by atoms with E-state index in [4.69, 9.17) is 19.2 Å². The van der Waals surface area contributed by atoms with Gasteiger partial charge in [-0.3, -0.25) is 0 Å². The van der Waals surface area contributed by atoms with E-state index in [2.05, 4.69) is 34.9 Å². The largest absolute Gasteiger partial charge is 0.496 e. The van der Waals surface area contributed by atoms with E-state index in [1.165, 1.54) is 0 Å². The lowest BCUT2D eigenvalue weighted by Crippen LogP contribution is -2.05. The number of fused-ring (bicyclic) bond motifs is 1. The second-order valence-corrected chi connectivity index (χ2v) is 7.61. The van der Waals surface area contributed by atoms with Gasteiger partial charge in [0.1, 0.15) is 23.9 Å². The standard InChI is InChI=1S/C27H29N3O3/c1-31-14-15-33-24-8-5-6-20(16-24)18-28-23-11-12-25-21(17-23)10-13-27(30-25)29-19-22-7-3-4-9-26(22)32-2/h3-13,16-17,28H,14-15,18-19H2,1-2H3,(H,29,30). The van der Waals surface area contributed by atoms with E-state index in [-0.39, 0.29) is 0 Å². The molecule has 6 heteroatoms. The number of aromatic nitrogens is 1. The minimum absolute atomic E-state index is 0.542. The molecule has 3 aromatic carbocycles. The van der Waals surface area contributed by atoms with E-state index < -0.39 is 0 Å². The predicted octanol–water partition coefficient (Wildman–Crippen LogP) is 5.49. The number of nitrogens with zero attached hydrogens (tertiary/aromatic N) is 1. The topological polar surface area (TPSA) is 64.6 Å². The molecule has 0 aliphatic heterocycles. The van der Waals surface area contributed by atoms with Crippen molar-refractivity contribution >= 4 is 22.4 Å². The summed E-state index contributed by atoms with van der Waals surface area (Å²) in [5.41, 5.74) is 4.23. The number of anilines is 2. The number of methoxy groups -OCH3 is 2. The van der Waals surface area contributed by atoms with Crippen molar-refractivity contribution in [3.63, 3.8) is 0 Å². The molecule has 33 heavy (non-hydrogen) atoms. The predicted molar refractivity (Wildman–Crippen MR) is 133 cm³/mol. The Bertz CT molecular complexity index is 1200. The molecule has 0 aliphatic carbocycles. The minimum Gasteiger partial charge on any atom is -0.496 e. The molecule has 0 aliphatic rings. The molecule has 4 aromatic rings. The van der Waals surface area contributed by atoms with Crippen molar-refractivity contribution in [3.05, 3.63) is 90.0 Å². The van der Waals surface area contributed by atoms with E-state index in [0.29, 0.717) is 26.3 Å². The molecule has 0 radical (unpaired) electrons. The van der Waals surface area contributed by atoms with Gasteiger partial charge in [-0.15, -0.1) is 0 Å². The molecule has 0 spiro atoms. The van der Waals surface area contributed by atoms with E-state index >= 15 is 0 Å². The van der Waals surface area contributed by atoms with Crippen LogP contribution in [0.15, 0.2) is 78.9 Å². The van der Waals surface area contributed by atoms with Gasteiger partial charge in [0, 0.05) is 36.8 Å². The van der Waals surface area contributed by atoms with Crippen molar-refractivity contribution in [1.82, 2.24) is 4.98 Å². The summed E-state index contributed by atoms with van der Waals surface area (Å²) < 4.78 is 16.1. The molecule has 6 nitrogen and oxygen atoms in total. The average Bonchev–Trinajstić information content (AvgIpc) is 2.86. The van der Waals surface area contributed by atoms with Crippen molar-refractivity contribution in [3.8, 4) is 11.5 Å². The Labute approximate surface area is 194 Å². The van der Waals surface area contributed by atoms with Crippen LogP contribution in [0.5, 0.6) is 11.5 Å². The second kappa shape index (κ2) is 11.2. The van der Waals surface area contributed by atoms with E-state index in [1.54, 1.807) is 14.2 Å². The molecular weight excluding hydrogens is 414 g/mol. The normalized spacial score (nSPS) is 10.7. The molecule has 0 atom stereocenters. The fraction of sp³-hybridized carbons (Fsp3) is 0.222. The van der Waals surface area contributed by atoms with E-state index in [0.717, 1.165) is 45.0 Å². The molecule has 170 valence electrons. The van der Waals surface area contributed by atoms with Gasteiger partial charge in [-0.2, -0.15) is 0 Å². The van der Waals surface area contributed by atoms with Gasteiger partial charge >= 0.3 is 0 Å². The van der Waals surface area contributed by atoms with Crippen LogP contribution in [0.3, 0.4) is 0 Å². The molecule has 0 saturated carbocycles. The molecule has 0 unspecified atom stereocenters. The summed E-state index contributed by atoms with van der Waals surface area (Å²) in [6, 6.07) is 26.4. The van der Waals surface area contributed by atoms with Crippen LogP contribution in [0.4, 0.5) is 11.5 Å². The summed E-state index contributed by atoms with van der Waals surface area (Å²) in [5.74, 6) is 2.55. The highest BCUT2D eigenvalue weighted by molar-refractivity contribution is 5.83. The van der Waals surface area contributed by atoms with Crippen LogP contribution in [0.1, 0.15) is 11.1 Å².